The summed E-state index contributed by atoms with van der Waals surface area (Å²) in [5, 5.41) is 12.3. The van der Waals surface area contributed by atoms with Crippen molar-refractivity contribution in [3.63, 3.8) is 0 Å². The Kier molecular flexibility index (Phi) is 2.68. The van der Waals surface area contributed by atoms with Crippen molar-refractivity contribution >= 4 is 26.8 Å². The third kappa shape index (κ3) is 1.87. The van der Waals surface area contributed by atoms with E-state index in [0.29, 0.717) is 0 Å². The van der Waals surface area contributed by atoms with Crippen LogP contribution >= 0.6 is 15.9 Å². The van der Waals surface area contributed by atoms with Crippen LogP contribution < -0.4 is 0 Å². The van der Waals surface area contributed by atoms with Gasteiger partial charge < -0.3 is 5.11 Å². The molecule has 0 radical (unpaired) electrons. The topological polar surface area (TPSA) is 33.1 Å². The second kappa shape index (κ2) is 4.07. The van der Waals surface area contributed by atoms with E-state index in [1.165, 1.54) is 5.56 Å². The maximum Gasteiger partial charge on any atom is 0.107 e. The normalized spacial score (nSPS) is 18.0. The van der Waals surface area contributed by atoms with Gasteiger partial charge in [-0.1, -0.05) is 28.1 Å². The first-order valence-corrected chi connectivity index (χ1v) is 7.02. The van der Waals surface area contributed by atoms with Gasteiger partial charge >= 0.3 is 0 Å². The minimum Gasteiger partial charge on any atom is -0.384 e. The van der Waals surface area contributed by atoms with Crippen LogP contribution in [0.2, 0.25) is 0 Å². The summed E-state index contributed by atoms with van der Waals surface area (Å²) < 4.78 is 0. The molecule has 3 heteroatoms. The number of aromatic nitrogens is 1. The van der Waals surface area contributed by atoms with Gasteiger partial charge in [0.2, 0.25) is 0 Å². The van der Waals surface area contributed by atoms with Gasteiger partial charge in [0.15, 0.2) is 0 Å². The van der Waals surface area contributed by atoms with Crippen molar-refractivity contribution in [3.05, 3.63) is 41.6 Å². The quantitative estimate of drug-likeness (QED) is 0.859. The summed E-state index contributed by atoms with van der Waals surface area (Å²) in [5.41, 5.74) is 2.37. The molecule has 1 N–H and O–H groups in total. The molecule has 1 heterocycles. The van der Waals surface area contributed by atoms with E-state index >= 15 is 0 Å². The van der Waals surface area contributed by atoms with E-state index in [4.69, 9.17) is 0 Å². The van der Waals surface area contributed by atoms with Gasteiger partial charge in [-0.2, -0.15) is 0 Å². The summed E-state index contributed by atoms with van der Waals surface area (Å²) in [4.78, 5) is 4.58. The molecule has 2 aromatic rings. The number of rotatable bonds is 2. The summed E-state index contributed by atoms with van der Waals surface area (Å²) in [6.07, 6.45) is 2.77. The van der Waals surface area contributed by atoms with Gasteiger partial charge in [-0.05, 0) is 43.0 Å². The number of pyridine rings is 1. The first-order chi connectivity index (χ1) is 8.21. The molecule has 3 rings (SSSR count). The van der Waals surface area contributed by atoms with Crippen LogP contribution in [0.1, 0.15) is 30.5 Å². The molecule has 0 bridgehead atoms. The first kappa shape index (κ1) is 11.2. The second-order valence-electron chi connectivity index (χ2n) is 4.74. The predicted molar refractivity (Wildman–Crippen MR) is 72.1 cm³/mol. The number of halogens is 1. The van der Waals surface area contributed by atoms with Crippen molar-refractivity contribution in [2.75, 3.05) is 0 Å². The molecule has 1 aromatic carbocycles. The fourth-order valence-corrected chi connectivity index (χ4v) is 2.63. The van der Waals surface area contributed by atoms with Crippen LogP contribution in [0.5, 0.6) is 0 Å². The number of fused-ring (bicyclic) bond motifs is 1. The van der Waals surface area contributed by atoms with Gasteiger partial charge in [0.1, 0.15) is 5.60 Å². The molecule has 0 aliphatic heterocycles. The zero-order valence-electron chi connectivity index (χ0n) is 9.49. The standard InChI is InChI=1S/C14H14BrNO/c15-9-10-2-4-12-11(8-10)3-5-13(16-12)14(17)6-1-7-14/h2-5,8,17H,1,6-7,9H2. The Morgan fingerprint density at radius 1 is 1.24 bits per heavy atom. The number of alkyl halides is 1. The smallest absolute Gasteiger partial charge is 0.107 e. The maximum atomic E-state index is 10.3. The van der Waals surface area contributed by atoms with Crippen LogP contribution in [0.25, 0.3) is 10.9 Å². The van der Waals surface area contributed by atoms with E-state index in [1.807, 2.05) is 12.1 Å². The van der Waals surface area contributed by atoms with Crippen LogP contribution in [-0.4, -0.2) is 10.1 Å². The molecule has 1 aliphatic rings. The lowest BCUT2D eigenvalue weighted by molar-refractivity contribution is -0.0423. The third-order valence-electron chi connectivity index (χ3n) is 3.57. The van der Waals surface area contributed by atoms with Gasteiger partial charge in [0, 0.05) is 10.7 Å². The fraction of sp³-hybridized carbons (Fsp3) is 0.357. The lowest BCUT2D eigenvalue weighted by Crippen LogP contribution is -2.34. The summed E-state index contributed by atoms with van der Waals surface area (Å²) in [6, 6.07) is 10.2. The molecule has 0 unspecified atom stereocenters. The molecule has 0 spiro atoms. The number of hydrogen-bond donors (Lipinski definition) is 1. The van der Waals surface area contributed by atoms with Crippen LogP contribution in [-0.2, 0) is 10.9 Å². The van der Waals surface area contributed by atoms with Crippen molar-refractivity contribution in [3.8, 4) is 0 Å². The van der Waals surface area contributed by atoms with Gasteiger partial charge in [-0.3, -0.25) is 0 Å². The van der Waals surface area contributed by atoms with Crippen molar-refractivity contribution in [2.24, 2.45) is 0 Å². The van der Waals surface area contributed by atoms with Gasteiger partial charge in [-0.25, -0.2) is 4.98 Å². The average molecular weight is 292 g/mol. The lowest BCUT2D eigenvalue weighted by atomic mass is 9.77. The van der Waals surface area contributed by atoms with Crippen molar-refractivity contribution in [2.45, 2.75) is 30.2 Å². The Hall–Kier alpha value is -0.930. The first-order valence-electron chi connectivity index (χ1n) is 5.90. The third-order valence-corrected chi connectivity index (χ3v) is 4.21. The summed E-state index contributed by atoms with van der Waals surface area (Å²) >= 11 is 3.45. The minimum absolute atomic E-state index is 0.664. The molecule has 17 heavy (non-hydrogen) atoms. The van der Waals surface area contributed by atoms with E-state index in [1.54, 1.807) is 0 Å². The Morgan fingerprint density at radius 2 is 2.06 bits per heavy atom. The highest BCUT2D eigenvalue weighted by Crippen LogP contribution is 2.40. The highest BCUT2D eigenvalue weighted by atomic mass is 79.9. The Labute approximate surface area is 109 Å². The summed E-state index contributed by atoms with van der Waals surface area (Å²) in [5.74, 6) is 0. The molecular formula is C14H14BrNO. The van der Waals surface area contributed by atoms with E-state index in [0.717, 1.165) is 41.2 Å². The van der Waals surface area contributed by atoms with Crippen LogP contribution in [0.4, 0.5) is 0 Å². The van der Waals surface area contributed by atoms with Crippen molar-refractivity contribution in [1.82, 2.24) is 4.98 Å². The van der Waals surface area contributed by atoms with Crippen molar-refractivity contribution in [1.29, 1.82) is 0 Å². The predicted octanol–water partition coefficient (Wildman–Crippen LogP) is 3.50. The molecular weight excluding hydrogens is 278 g/mol. The van der Waals surface area contributed by atoms with Gasteiger partial charge in [0.05, 0.1) is 11.2 Å². The molecule has 1 fully saturated rings. The molecule has 0 amide bonds. The van der Waals surface area contributed by atoms with E-state index in [-0.39, 0.29) is 0 Å². The van der Waals surface area contributed by atoms with Gasteiger partial charge in [0.25, 0.3) is 0 Å². The van der Waals surface area contributed by atoms with Crippen LogP contribution in [0.15, 0.2) is 30.3 Å². The van der Waals surface area contributed by atoms with E-state index < -0.39 is 5.60 Å². The minimum atomic E-state index is -0.664. The summed E-state index contributed by atoms with van der Waals surface area (Å²) in [6.45, 7) is 0. The lowest BCUT2D eigenvalue weighted by Gasteiger charge is -2.36. The van der Waals surface area contributed by atoms with E-state index in [9.17, 15) is 5.11 Å². The van der Waals surface area contributed by atoms with Gasteiger partial charge in [-0.15, -0.1) is 0 Å². The maximum absolute atomic E-state index is 10.3. The number of hydrogen-bond acceptors (Lipinski definition) is 2. The molecule has 0 saturated heterocycles. The molecule has 1 aromatic heterocycles. The van der Waals surface area contributed by atoms with Crippen LogP contribution in [0, 0.1) is 0 Å². The second-order valence-corrected chi connectivity index (χ2v) is 5.30. The monoisotopic (exact) mass is 291 g/mol. The molecule has 1 aliphatic carbocycles. The zero-order valence-corrected chi connectivity index (χ0v) is 11.1. The Bertz CT molecular complexity index is 563. The fourth-order valence-electron chi connectivity index (χ4n) is 2.29. The Balaban J connectivity index is 2.07. The Morgan fingerprint density at radius 3 is 2.71 bits per heavy atom. The number of nitrogens with zero attached hydrogens (tertiary/aromatic N) is 1. The highest BCUT2D eigenvalue weighted by molar-refractivity contribution is 9.08. The van der Waals surface area contributed by atoms with Crippen molar-refractivity contribution < 1.29 is 5.11 Å². The van der Waals surface area contributed by atoms with Crippen LogP contribution in [0.3, 0.4) is 0 Å². The molecule has 0 atom stereocenters. The molecule has 2 nitrogen and oxygen atoms in total. The zero-order chi connectivity index (χ0) is 11.9. The van der Waals surface area contributed by atoms with E-state index in [2.05, 4.69) is 39.1 Å². The summed E-state index contributed by atoms with van der Waals surface area (Å²) in [7, 11) is 0. The number of benzene rings is 1. The molecule has 1 saturated carbocycles. The highest BCUT2D eigenvalue weighted by Gasteiger charge is 2.37. The average Bonchev–Trinajstić information content (AvgIpc) is 2.34. The largest absolute Gasteiger partial charge is 0.384 e. The molecule has 88 valence electrons. The number of aliphatic hydroxyl groups is 1. The SMILES string of the molecule is OC1(c2ccc3cc(CBr)ccc3n2)CCC1.